The smallest absolute Gasteiger partial charge is 0.345 e. The molecule has 3 rings (SSSR count). The number of fused-ring (bicyclic) bond motifs is 1. The Balaban J connectivity index is 1.84. The summed E-state index contributed by atoms with van der Waals surface area (Å²) in [6, 6.07) is 4.90. The van der Waals surface area contributed by atoms with Crippen LogP contribution in [0.2, 0.25) is 0 Å². The van der Waals surface area contributed by atoms with Crippen LogP contribution in [0.1, 0.15) is 21.7 Å². The minimum Gasteiger partial charge on any atom is -0.345 e. The standard InChI is InChI=1S/C14H10F3N5O2/c15-14(16,17)8-3-4-10-20-21-11(22(10)7-8)6-19-13(24)9-2-1-5-18-12(9)23/h1-5,7H,6H2,(H,18,23)(H,19,24). The quantitative estimate of drug-likeness (QED) is 0.755. The normalized spacial score (nSPS) is 11.6. The third-order valence-corrected chi connectivity index (χ3v) is 3.27. The Hall–Kier alpha value is -3.17. The van der Waals surface area contributed by atoms with Gasteiger partial charge >= 0.3 is 6.18 Å². The molecule has 3 heterocycles. The van der Waals surface area contributed by atoms with Gasteiger partial charge in [0.15, 0.2) is 11.5 Å². The summed E-state index contributed by atoms with van der Waals surface area (Å²) in [5.74, 6) is -0.558. The maximum absolute atomic E-state index is 12.8. The predicted octanol–water partition coefficient (Wildman–Crippen LogP) is 1.37. The molecule has 7 nitrogen and oxygen atoms in total. The highest BCUT2D eigenvalue weighted by molar-refractivity contribution is 5.93. The summed E-state index contributed by atoms with van der Waals surface area (Å²) in [5, 5.41) is 9.92. The van der Waals surface area contributed by atoms with Gasteiger partial charge in [0.2, 0.25) is 0 Å². The van der Waals surface area contributed by atoms with Crippen molar-refractivity contribution in [2.45, 2.75) is 12.7 Å². The molecule has 0 atom stereocenters. The Morgan fingerprint density at radius 1 is 1.25 bits per heavy atom. The molecule has 0 aliphatic carbocycles. The van der Waals surface area contributed by atoms with Gasteiger partial charge in [-0.2, -0.15) is 13.2 Å². The van der Waals surface area contributed by atoms with E-state index in [1.807, 2.05) is 0 Å². The van der Waals surface area contributed by atoms with E-state index in [2.05, 4.69) is 20.5 Å². The first-order chi connectivity index (χ1) is 11.4. The molecule has 3 aromatic rings. The van der Waals surface area contributed by atoms with Gasteiger partial charge in [-0.3, -0.25) is 14.0 Å². The Kier molecular flexibility index (Phi) is 3.80. The van der Waals surface area contributed by atoms with Gasteiger partial charge in [-0.1, -0.05) is 0 Å². The molecular weight excluding hydrogens is 327 g/mol. The zero-order valence-corrected chi connectivity index (χ0v) is 12.0. The van der Waals surface area contributed by atoms with Gasteiger partial charge < -0.3 is 10.3 Å². The van der Waals surface area contributed by atoms with E-state index in [0.717, 1.165) is 16.7 Å². The number of nitrogens with one attached hydrogen (secondary N) is 2. The molecule has 0 radical (unpaired) electrons. The van der Waals surface area contributed by atoms with Crippen molar-refractivity contribution in [1.82, 2.24) is 24.9 Å². The average molecular weight is 337 g/mol. The average Bonchev–Trinajstić information content (AvgIpc) is 2.94. The van der Waals surface area contributed by atoms with Crippen molar-refractivity contribution in [3.8, 4) is 0 Å². The molecule has 0 bridgehead atoms. The Labute approximate surface area is 132 Å². The third kappa shape index (κ3) is 2.98. The number of aromatic nitrogens is 4. The van der Waals surface area contributed by atoms with E-state index < -0.39 is 23.2 Å². The second-order valence-electron chi connectivity index (χ2n) is 4.86. The monoisotopic (exact) mass is 337 g/mol. The Morgan fingerprint density at radius 2 is 2.04 bits per heavy atom. The van der Waals surface area contributed by atoms with E-state index in [-0.39, 0.29) is 23.6 Å². The summed E-state index contributed by atoms with van der Waals surface area (Å²) in [6.45, 7) is -0.185. The lowest BCUT2D eigenvalue weighted by molar-refractivity contribution is -0.137. The molecule has 10 heteroatoms. The summed E-state index contributed by atoms with van der Waals surface area (Å²) in [6.07, 6.45) is -2.27. The number of hydrogen-bond donors (Lipinski definition) is 2. The first kappa shape index (κ1) is 15.7. The number of nitrogens with zero attached hydrogens (tertiary/aromatic N) is 3. The molecule has 24 heavy (non-hydrogen) atoms. The van der Waals surface area contributed by atoms with Gasteiger partial charge in [0.1, 0.15) is 5.56 Å². The lowest BCUT2D eigenvalue weighted by Crippen LogP contribution is -2.29. The van der Waals surface area contributed by atoms with E-state index in [0.29, 0.717) is 0 Å². The van der Waals surface area contributed by atoms with Crippen molar-refractivity contribution in [3.63, 3.8) is 0 Å². The van der Waals surface area contributed by atoms with E-state index in [1.54, 1.807) is 0 Å². The van der Waals surface area contributed by atoms with Gasteiger partial charge in [-0.15, -0.1) is 10.2 Å². The highest BCUT2D eigenvalue weighted by Gasteiger charge is 2.31. The molecule has 0 spiro atoms. The first-order valence-corrected chi connectivity index (χ1v) is 6.73. The minimum absolute atomic E-state index is 0.108. The maximum atomic E-state index is 12.8. The number of carbonyl (C=O) groups is 1. The molecule has 0 aliphatic rings. The van der Waals surface area contributed by atoms with Crippen LogP contribution in [0.3, 0.4) is 0 Å². The van der Waals surface area contributed by atoms with Crippen LogP contribution in [0, 0.1) is 0 Å². The van der Waals surface area contributed by atoms with E-state index >= 15 is 0 Å². The van der Waals surface area contributed by atoms with Crippen LogP contribution in [-0.4, -0.2) is 25.5 Å². The van der Waals surface area contributed by atoms with E-state index in [1.165, 1.54) is 24.4 Å². The van der Waals surface area contributed by atoms with Gasteiger partial charge in [0, 0.05) is 12.4 Å². The van der Waals surface area contributed by atoms with Crippen molar-refractivity contribution in [3.05, 3.63) is 64.0 Å². The first-order valence-electron chi connectivity index (χ1n) is 6.73. The fourth-order valence-corrected chi connectivity index (χ4v) is 2.08. The van der Waals surface area contributed by atoms with Crippen LogP contribution in [-0.2, 0) is 12.7 Å². The van der Waals surface area contributed by atoms with Crippen molar-refractivity contribution >= 4 is 11.6 Å². The van der Waals surface area contributed by atoms with Crippen molar-refractivity contribution in [2.24, 2.45) is 0 Å². The molecule has 0 unspecified atom stereocenters. The topological polar surface area (TPSA) is 92.2 Å². The second-order valence-corrected chi connectivity index (χ2v) is 4.86. The number of carbonyl (C=O) groups excluding carboxylic acids is 1. The van der Waals surface area contributed by atoms with E-state index in [4.69, 9.17) is 0 Å². The zero-order chi connectivity index (χ0) is 17.3. The van der Waals surface area contributed by atoms with Gasteiger partial charge in [0.05, 0.1) is 12.1 Å². The third-order valence-electron chi connectivity index (χ3n) is 3.27. The summed E-state index contributed by atoms with van der Waals surface area (Å²) < 4.78 is 39.5. The number of hydrogen-bond acceptors (Lipinski definition) is 4. The van der Waals surface area contributed by atoms with Crippen molar-refractivity contribution in [2.75, 3.05) is 0 Å². The molecular formula is C14H10F3N5O2. The lowest BCUT2D eigenvalue weighted by Gasteiger charge is -2.08. The van der Waals surface area contributed by atoms with Gasteiger partial charge in [0.25, 0.3) is 11.5 Å². The minimum atomic E-state index is -4.50. The molecule has 0 aliphatic heterocycles. The van der Waals surface area contributed by atoms with Crippen LogP contribution >= 0.6 is 0 Å². The molecule has 1 amide bonds. The van der Waals surface area contributed by atoms with Crippen LogP contribution in [0.25, 0.3) is 5.65 Å². The SMILES string of the molecule is O=C(NCc1nnc2ccc(C(F)(F)F)cn12)c1ccc[nH]c1=O. The number of pyridine rings is 2. The molecule has 3 aromatic heterocycles. The number of aromatic amines is 1. The number of amides is 1. The molecule has 0 saturated heterocycles. The number of H-pyrrole nitrogens is 1. The summed E-state index contributed by atoms with van der Waals surface area (Å²) >= 11 is 0. The Bertz CT molecular complexity index is 961. The van der Waals surface area contributed by atoms with Crippen LogP contribution < -0.4 is 10.9 Å². The summed E-state index contributed by atoms with van der Waals surface area (Å²) in [4.78, 5) is 25.8. The molecule has 0 saturated carbocycles. The van der Waals surface area contributed by atoms with E-state index in [9.17, 15) is 22.8 Å². The highest BCUT2D eigenvalue weighted by Crippen LogP contribution is 2.29. The second kappa shape index (κ2) is 5.80. The molecule has 2 N–H and O–H groups in total. The summed E-state index contributed by atoms with van der Waals surface area (Å²) in [7, 11) is 0. The lowest BCUT2D eigenvalue weighted by atomic mass is 10.2. The largest absolute Gasteiger partial charge is 0.417 e. The fraction of sp³-hybridized carbons (Fsp3) is 0.143. The molecule has 124 valence electrons. The number of alkyl halides is 3. The van der Waals surface area contributed by atoms with Crippen molar-refractivity contribution < 1.29 is 18.0 Å². The molecule has 0 fully saturated rings. The maximum Gasteiger partial charge on any atom is 0.417 e. The highest BCUT2D eigenvalue weighted by atomic mass is 19.4. The van der Waals surface area contributed by atoms with Crippen LogP contribution in [0.15, 0.2) is 41.5 Å². The predicted molar refractivity (Wildman–Crippen MR) is 76.2 cm³/mol. The fourth-order valence-electron chi connectivity index (χ4n) is 2.08. The van der Waals surface area contributed by atoms with Gasteiger partial charge in [-0.05, 0) is 24.3 Å². The van der Waals surface area contributed by atoms with Crippen LogP contribution in [0.4, 0.5) is 13.2 Å². The van der Waals surface area contributed by atoms with Gasteiger partial charge in [-0.25, -0.2) is 0 Å². The summed E-state index contributed by atoms with van der Waals surface area (Å²) in [5.41, 5.74) is -1.32. The van der Waals surface area contributed by atoms with Crippen molar-refractivity contribution in [1.29, 1.82) is 0 Å². The zero-order valence-electron chi connectivity index (χ0n) is 12.0. The number of rotatable bonds is 3. The number of halogens is 3. The Morgan fingerprint density at radius 3 is 2.75 bits per heavy atom. The van der Waals surface area contributed by atoms with Crippen LogP contribution in [0.5, 0.6) is 0 Å². The molecule has 0 aromatic carbocycles.